The molecule has 50 heavy (non-hydrogen) atoms. The van der Waals surface area contributed by atoms with Crippen LogP contribution in [0.5, 0.6) is 5.75 Å². The molecule has 2 amide bonds. The first-order valence-electron chi connectivity index (χ1n) is 15.7. The van der Waals surface area contributed by atoms with Gasteiger partial charge in [0.1, 0.15) is 17.5 Å². The highest BCUT2D eigenvalue weighted by Gasteiger charge is 2.43. The average molecular weight is 743 g/mol. The number of nitrogens with zero attached hydrogens (tertiary/aromatic N) is 6. The number of rotatable bonds is 8. The molecule has 0 spiro atoms. The zero-order valence-electron chi connectivity index (χ0n) is 26.8. The van der Waals surface area contributed by atoms with Gasteiger partial charge in [0.25, 0.3) is 11.5 Å². The maximum atomic E-state index is 14.1. The molecule has 2 aromatic carbocycles. The third kappa shape index (κ3) is 6.73. The number of fused-ring (bicyclic) bond motifs is 1. The maximum Gasteiger partial charge on any atom is 0.258 e. The van der Waals surface area contributed by atoms with Crippen molar-refractivity contribution in [3.05, 3.63) is 104 Å². The Balaban J connectivity index is 1.15. The van der Waals surface area contributed by atoms with E-state index < -0.39 is 16.1 Å². The summed E-state index contributed by atoms with van der Waals surface area (Å²) >= 11 is 13.2. The van der Waals surface area contributed by atoms with Crippen molar-refractivity contribution in [1.29, 1.82) is 0 Å². The molecule has 14 nitrogen and oxygen atoms in total. The van der Waals surface area contributed by atoms with E-state index >= 15 is 0 Å². The van der Waals surface area contributed by atoms with E-state index in [0.29, 0.717) is 29.7 Å². The van der Waals surface area contributed by atoms with Gasteiger partial charge in [-0.1, -0.05) is 40.5 Å². The van der Waals surface area contributed by atoms with E-state index in [0.717, 1.165) is 0 Å². The van der Waals surface area contributed by atoms with Gasteiger partial charge in [0, 0.05) is 72.4 Å². The highest BCUT2D eigenvalue weighted by molar-refractivity contribution is 7.89. The first-order valence-corrected chi connectivity index (χ1v) is 17.9. The Labute approximate surface area is 297 Å². The number of aryl methyl sites for hydroxylation is 1. The van der Waals surface area contributed by atoms with Gasteiger partial charge < -0.3 is 25.5 Å². The minimum absolute atomic E-state index is 0.0727. The Kier molecular flexibility index (Phi) is 10.0. The van der Waals surface area contributed by atoms with Crippen LogP contribution in [0.2, 0.25) is 10.0 Å². The number of piperazine rings is 1. The molecule has 0 bridgehead atoms. The van der Waals surface area contributed by atoms with Crippen LogP contribution in [-0.4, -0.2) is 93.5 Å². The van der Waals surface area contributed by atoms with Crippen LogP contribution in [0.15, 0.2) is 75.6 Å². The Morgan fingerprint density at radius 2 is 1.70 bits per heavy atom. The summed E-state index contributed by atoms with van der Waals surface area (Å²) in [6.07, 6.45) is 2.37. The largest absolute Gasteiger partial charge is 0.485 e. The number of amides is 2. The molecule has 262 valence electrons. The standard InChI is InChI=1S/C33H33Cl2N7O7S/c1-20-18-28(43)41-12-3-5-26(31(41)37-20)49-19-23-24(34)10-11-27(29(23)35)50(47,48)42-13-2-4-25(42)33(45)40-16-14-39(15-17-40)32(44)22-8-6-21(7-9-22)30(36)38-46/h3,5-12,18,25,46H,2,4,13-17,19H2,1H3,(H2,36,38)/t25-/m0/s1. The molecular formula is C33H33Cl2N7O7S. The van der Waals surface area contributed by atoms with Crippen LogP contribution >= 0.6 is 23.2 Å². The van der Waals surface area contributed by atoms with Gasteiger partial charge in [-0.25, -0.2) is 13.4 Å². The molecule has 1 atom stereocenters. The number of hydrogen-bond donors (Lipinski definition) is 2. The van der Waals surface area contributed by atoms with Gasteiger partial charge in [0.2, 0.25) is 15.9 Å². The number of sulfonamides is 1. The SMILES string of the molecule is Cc1cc(=O)n2cccc(OCc3c(Cl)ccc(S(=O)(=O)N4CCC[C@H]4C(=O)N4CCN(C(=O)c5ccc(C(N)=NO)cc5)CC4)c3Cl)c2n1. The molecule has 0 saturated carbocycles. The van der Waals surface area contributed by atoms with Gasteiger partial charge in [0.15, 0.2) is 17.2 Å². The number of pyridine rings is 1. The molecule has 17 heteroatoms. The number of benzene rings is 2. The third-order valence-corrected chi connectivity index (χ3v) is 11.6. The van der Waals surface area contributed by atoms with E-state index in [2.05, 4.69) is 10.1 Å². The third-order valence-electron chi connectivity index (χ3n) is 8.80. The van der Waals surface area contributed by atoms with Gasteiger partial charge in [0.05, 0.1) is 5.02 Å². The molecule has 2 aromatic heterocycles. The highest BCUT2D eigenvalue weighted by Crippen LogP contribution is 2.36. The predicted octanol–water partition coefficient (Wildman–Crippen LogP) is 3.12. The summed E-state index contributed by atoms with van der Waals surface area (Å²) in [4.78, 5) is 46.7. The van der Waals surface area contributed by atoms with Crippen molar-refractivity contribution in [2.45, 2.75) is 37.3 Å². The van der Waals surface area contributed by atoms with Crippen LogP contribution in [0.3, 0.4) is 0 Å². The van der Waals surface area contributed by atoms with E-state index in [-0.39, 0.29) is 94.4 Å². The number of carbonyl (C=O) groups excluding carboxylic acids is 2. The van der Waals surface area contributed by atoms with Crippen LogP contribution in [0.4, 0.5) is 0 Å². The predicted molar refractivity (Wildman–Crippen MR) is 185 cm³/mol. The van der Waals surface area contributed by atoms with Crippen molar-refractivity contribution in [1.82, 2.24) is 23.5 Å². The van der Waals surface area contributed by atoms with Crippen molar-refractivity contribution in [3.63, 3.8) is 0 Å². The summed E-state index contributed by atoms with van der Waals surface area (Å²) in [7, 11) is -4.26. The summed E-state index contributed by atoms with van der Waals surface area (Å²) in [5.74, 6) is -0.372. The lowest BCUT2D eigenvalue weighted by Gasteiger charge is -2.37. The van der Waals surface area contributed by atoms with Crippen LogP contribution in [0.25, 0.3) is 5.65 Å². The van der Waals surface area contributed by atoms with E-state index in [1.54, 1.807) is 59.3 Å². The van der Waals surface area contributed by atoms with Gasteiger partial charge in [-0.3, -0.25) is 18.8 Å². The molecule has 2 aliphatic rings. The number of ether oxygens (including phenoxy) is 1. The van der Waals surface area contributed by atoms with E-state index in [1.165, 1.54) is 26.9 Å². The molecule has 6 rings (SSSR count). The van der Waals surface area contributed by atoms with Gasteiger partial charge in [-0.2, -0.15) is 4.31 Å². The van der Waals surface area contributed by atoms with Gasteiger partial charge in [-0.15, -0.1) is 0 Å². The summed E-state index contributed by atoms with van der Waals surface area (Å²) < 4.78 is 36.7. The topological polar surface area (TPSA) is 180 Å². The minimum Gasteiger partial charge on any atom is -0.485 e. The molecule has 2 saturated heterocycles. The normalized spacial score (nSPS) is 17.3. The smallest absolute Gasteiger partial charge is 0.258 e. The Morgan fingerprint density at radius 1 is 1.02 bits per heavy atom. The Morgan fingerprint density at radius 3 is 2.40 bits per heavy atom. The zero-order valence-corrected chi connectivity index (χ0v) is 29.2. The van der Waals surface area contributed by atoms with Crippen molar-refractivity contribution in [2.24, 2.45) is 10.9 Å². The number of aromatic nitrogens is 2. The maximum absolute atomic E-state index is 14.1. The van der Waals surface area contributed by atoms with Gasteiger partial charge in [-0.05, 0) is 56.2 Å². The molecule has 4 aromatic rings. The fourth-order valence-corrected chi connectivity index (χ4v) is 8.67. The lowest BCUT2D eigenvalue weighted by Crippen LogP contribution is -2.55. The summed E-state index contributed by atoms with van der Waals surface area (Å²) in [5.41, 5.74) is 7.20. The van der Waals surface area contributed by atoms with Crippen molar-refractivity contribution in [3.8, 4) is 5.75 Å². The lowest BCUT2D eigenvalue weighted by atomic mass is 10.1. The number of halogens is 2. The van der Waals surface area contributed by atoms with Crippen molar-refractivity contribution < 1.29 is 28.0 Å². The van der Waals surface area contributed by atoms with E-state index in [9.17, 15) is 22.8 Å². The summed E-state index contributed by atoms with van der Waals surface area (Å²) in [5, 5.41) is 11.9. The summed E-state index contributed by atoms with van der Waals surface area (Å²) in [6, 6.07) is 12.8. The number of nitrogens with two attached hydrogens (primary N) is 1. The number of amidine groups is 1. The molecule has 0 radical (unpaired) electrons. The van der Waals surface area contributed by atoms with E-state index in [4.69, 9.17) is 38.9 Å². The van der Waals surface area contributed by atoms with Crippen LogP contribution in [0.1, 0.15) is 40.0 Å². The second kappa shape index (κ2) is 14.3. The summed E-state index contributed by atoms with van der Waals surface area (Å²) in [6.45, 7) is 2.58. The average Bonchev–Trinajstić information content (AvgIpc) is 3.62. The van der Waals surface area contributed by atoms with Gasteiger partial charge >= 0.3 is 0 Å². The lowest BCUT2D eigenvalue weighted by molar-refractivity contribution is -0.136. The van der Waals surface area contributed by atoms with Crippen LogP contribution in [-0.2, 0) is 21.4 Å². The molecule has 0 unspecified atom stereocenters. The second-order valence-corrected chi connectivity index (χ2v) is 14.5. The van der Waals surface area contributed by atoms with Crippen LogP contribution < -0.4 is 16.0 Å². The number of oxime groups is 1. The fourth-order valence-electron chi connectivity index (χ4n) is 6.15. The molecule has 0 aliphatic carbocycles. The second-order valence-electron chi connectivity index (χ2n) is 11.9. The minimum atomic E-state index is -4.26. The highest BCUT2D eigenvalue weighted by atomic mass is 35.5. The number of hydrogen-bond acceptors (Lipinski definition) is 9. The number of carbonyl (C=O) groups is 2. The van der Waals surface area contributed by atoms with Crippen molar-refractivity contribution >= 4 is 56.5 Å². The Bertz CT molecular complexity index is 2170. The van der Waals surface area contributed by atoms with E-state index in [1.807, 2.05) is 0 Å². The quantitative estimate of drug-likeness (QED) is 0.119. The molecule has 3 N–H and O–H groups in total. The van der Waals surface area contributed by atoms with Crippen molar-refractivity contribution in [2.75, 3.05) is 32.7 Å². The fraction of sp³-hybridized carbons (Fsp3) is 0.303. The first-order chi connectivity index (χ1) is 23.9. The monoisotopic (exact) mass is 741 g/mol. The molecule has 2 aliphatic heterocycles. The van der Waals surface area contributed by atoms with Crippen LogP contribution in [0, 0.1) is 6.92 Å². The first kappa shape index (κ1) is 35.1. The Hall–Kier alpha value is -4.70. The zero-order chi connectivity index (χ0) is 35.7. The molecular weight excluding hydrogens is 709 g/mol. The molecule has 2 fully saturated rings. The molecule has 4 heterocycles.